The van der Waals surface area contributed by atoms with E-state index in [0.29, 0.717) is 12.1 Å². The molecule has 1 aliphatic rings. The van der Waals surface area contributed by atoms with Crippen molar-refractivity contribution in [2.75, 3.05) is 44.7 Å². The predicted molar refractivity (Wildman–Crippen MR) is 82.6 cm³/mol. The number of piperazine rings is 1. The van der Waals surface area contributed by atoms with Crippen LogP contribution in [0.4, 0.5) is 0 Å². The van der Waals surface area contributed by atoms with E-state index in [2.05, 4.69) is 15.9 Å². The summed E-state index contributed by atoms with van der Waals surface area (Å²) in [4.78, 5) is 4.56. The van der Waals surface area contributed by atoms with Crippen LogP contribution in [0.1, 0.15) is 11.1 Å². The van der Waals surface area contributed by atoms with Crippen molar-refractivity contribution in [3.05, 3.63) is 35.4 Å². The number of nitrogens with zero attached hydrogens (tertiary/aromatic N) is 3. The van der Waals surface area contributed by atoms with Gasteiger partial charge in [-0.05, 0) is 17.7 Å². The number of hydrogen-bond donors (Lipinski definition) is 0. The quantitative estimate of drug-likeness (QED) is 0.802. The highest BCUT2D eigenvalue weighted by Gasteiger charge is 2.17. The van der Waals surface area contributed by atoms with Gasteiger partial charge in [-0.1, -0.05) is 12.1 Å². The van der Waals surface area contributed by atoms with E-state index in [1.54, 1.807) is 0 Å². The van der Waals surface area contributed by atoms with Gasteiger partial charge in [0.05, 0.1) is 17.4 Å². The van der Waals surface area contributed by atoms with E-state index in [0.717, 1.165) is 32.7 Å². The average molecular weight is 307 g/mol. The Morgan fingerprint density at radius 2 is 1.67 bits per heavy atom. The molecular formula is C15H21N3O2S. The third-order valence-electron chi connectivity index (χ3n) is 3.73. The molecule has 0 aromatic heterocycles. The van der Waals surface area contributed by atoms with Crippen LogP contribution in [0.2, 0.25) is 0 Å². The fourth-order valence-electron chi connectivity index (χ4n) is 2.41. The van der Waals surface area contributed by atoms with Crippen molar-refractivity contribution in [3.63, 3.8) is 0 Å². The number of hydrogen-bond acceptors (Lipinski definition) is 5. The molecular weight excluding hydrogens is 286 g/mol. The molecule has 0 bridgehead atoms. The molecule has 6 heteroatoms. The molecule has 114 valence electrons. The van der Waals surface area contributed by atoms with Gasteiger partial charge in [0.15, 0.2) is 0 Å². The van der Waals surface area contributed by atoms with E-state index in [1.807, 2.05) is 24.3 Å². The third-order valence-corrected chi connectivity index (χ3v) is 4.66. The van der Waals surface area contributed by atoms with Gasteiger partial charge in [-0.25, -0.2) is 8.42 Å². The maximum Gasteiger partial charge on any atom is 0.148 e. The molecule has 1 heterocycles. The molecule has 0 radical (unpaired) electrons. The van der Waals surface area contributed by atoms with Crippen LogP contribution in [0, 0.1) is 11.3 Å². The van der Waals surface area contributed by atoms with E-state index in [9.17, 15) is 8.42 Å². The molecule has 1 saturated heterocycles. The van der Waals surface area contributed by atoms with Crippen LogP contribution in [0.15, 0.2) is 24.3 Å². The molecule has 0 amide bonds. The van der Waals surface area contributed by atoms with Gasteiger partial charge in [0.1, 0.15) is 9.84 Å². The SMILES string of the molecule is CS(=O)(=O)CCN1CCN(Cc2ccc(C#N)cc2)CC1. The molecule has 21 heavy (non-hydrogen) atoms. The molecule has 1 aliphatic heterocycles. The second-order valence-electron chi connectivity index (χ2n) is 5.56. The Morgan fingerprint density at radius 3 is 2.19 bits per heavy atom. The summed E-state index contributed by atoms with van der Waals surface area (Å²) in [5, 5.41) is 8.78. The summed E-state index contributed by atoms with van der Waals surface area (Å²) < 4.78 is 22.3. The van der Waals surface area contributed by atoms with E-state index in [1.165, 1.54) is 11.8 Å². The van der Waals surface area contributed by atoms with Crippen molar-refractivity contribution in [1.82, 2.24) is 9.80 Å². The Kier molecular flexibility index (Phi) is 5.34. The molecule has 0 atom stereocenters. The monoisotopic (exact) mass is 307 g/mol. The lowest BCUT2D eigenvalue weighted by Gasteiger charge is -2.34. The van der Waals surface area contributed by atoms with Crippen LogP contribution in [0.25, 0.3) is 0 Å². The van der Waals surface area contributed by atoms with E-state index in [4.69, 9.17) is 5.26 Å². The zero-order valence-corrected chi connectivity index (χ0v) is 13.1. The second-order valence-corrected chi connectivity index (χ2v) is 7.82. The van der Waals surface area contributed by atoms with Crippen LogP contribution in [0.5, 0.6) is 0 Å². The standard InChI is InChI=1S/C15H21N3O2S/c1-21(19,20)11-10-17-6-8-18(9-7-17)13-15-4-2-14(12-16)3-5-15/h2-5H,6-11,13H2,1H3. The summed E-state index contributed by atoms with van der Waals surface area (Å²) in [5.74, 6) is 0.239. The van der Waals surface area contributed by atoms with E-state index in [-0.39, 0.29) is 5.75 Å². The molecule has 0 unspecified atom stereocenters. The topological polar surface area (TPSA) is 64.4 Å². The van der Waals surface area contributed by atoms with Crippen molar-refractivity contribution in [2.24, 2.45) is 0 Å². The maximum atomic E-state index is 11.2. The summed E-state index contributed by atoms with van der Waals surface area (Å²) in [6.45, 7) is 5.22. The Bertz CT molecular complexity index is 597. The van der Waals surface area contributed by atoms with Gasteiger partial charge >= 0.3 is 0 Å². The molecule has 1 fully saturated rings. The molecule has 5 nitrogen and oxygen atoms in total. The lowest BCUT2D eigenvalue weighted by Crippen LogP contribution is -2.47. The third kappa shape index (κ3) is 5.46. The van der Waals surface area contributed by atoms with Gasteiger partial charge in [0.2, 0.25) is 0 Å². The zero-order valence-electron chi connectivity index (χ0n) is 12.3. The van der Waals surface area contributed by atoms with Crippen LogP contribution in [0.3, 0.4) is 0 Å². The first kappa shape index (κ1) is 16.0. The largest absolute Gasteiger partial charge is 0.300 e. The van der Waals surface area contributed by atoms with Crippen LogP contribution in [-0.2, 0) is 16.4 Å². The van der Waals surface area contributed by atoms with Gasteiger partial charge in [-0.3, -0.25) is 9.80 Å². The van der Waals surface area contributed by atoms with Crippen molar-refractivity contribution in [1.29, 1.82) is 5.26 Å². The van der Waals surface area contributed by atoms with Crippen LogP contribution >= 0.6 is 0 Å². The average Bonchev–Trinajstić information content (AvgIpc) is 2.46. The zero-order chi connectivity index (χ0) is 15.3. The highest BCUT2D eigenvalue weighted by molar-refractivity contribution is 7.90. The molecule has 1 aromatic rings. The first-order chi connectivity index (χ1) is 9.96. The number of nitriles is 1. The Balaban J connectivity index is 1.77. The number of rotatable bonds is 5. The Hall–Kier alpha value is -1.42. The number of benzene rings is 1. The Morgan fingerprint density at radius 1 is 1.10 bits per heavy atom. The van der Waals surface area contributed by atoms with Crippen LogP contribution in [-0.4, -0.2) is 63.0 Å². The lowest BCUT2D eigenvalue weighted by atomic mass is 10.1. The van der Waals surface area contributed by atoms with Crippen molar-refractivity contribution in [2.45, 2.75) is 6.54 Å². The highest BCUT2D eigenvalue weighted by Crippen LogP contribution is 2.10. The Labute approximate surface area is 126 Å². The minimum absolute atomic E-state index is 0.239. The van der Waals surface area contributed by atoms with E-state index < -0.39 is 9.84 Å². The van der Waals surface area contributed by atoms with Gasteiger partial charge in [-0.2, -0.15) is 5.26 Å². The first-order valence-electron chi connectivity index (χ1n) is 7.08. The molecule has 0 aliphatic carbocycles. The highest BCUT2D eigenvalue weighted by atomic mass is 32.2. The summed E-state index contributed by atoms with van der Waals surface area (Å²) in [5.41, 5.74) is 1.89. The van der Waals surface area contributed by atoms with Gasteiger partial charge < -0.3 is 0 Å². The molecule has 0 spiro atoms. The second kappa shape index (κ2) is 7.03. The molecule has 0 N–H and O–H groups in total. The fraction of sp³-hybridized carbons (Fsp3) is 0.533. The summed E-state index contributed by atoms with van der Waals surface area (Å²) >= 11 is 0. The fourth-order valence-corrected chi connectivity index (χ4v) is 3.00. The van der Waals surface area contributed by atoms with Gasteiger partial charge in [0, 0.05) is 45.5 Å². The summed E-state index contributed by atoms with van der Waals surface area (Å²) in [6, 6.07) is 9.80. The maximum absolute atomic E-state index is 11.2. The van der Waals surface area contributed by atoms with Crippen molar-refractivity contribution < 1.29 is 8.42 Å². The van der Waals surface area contributed by atoms with Gasteiger partial charge in [0.25, 0.3) is 0 Å². The number of sulfone groups is 1. The minimum Gasteiger partial charge on any atom is -0.300 e. The van der Waals surface area contributed by atoms with Crippen molar-refractivity contribution >= 4 is 9.84 Å². The molecule has 1 aromatic carbocycles. The summed E-state index contributed by atoms with van der Waals surface area (Å²) in [7, 11) is -2.87. The van der Waals surface area contributed by atoms with Crippen LogP contribution < -0.4 is 0 Å². The first-order valence-corrected chi connectivity index (χ1v) is 9.14. The van der Waals surface area contributed by atoms with Gasteiger partial charge in [-0.15, -0.1) is 0 Å². The summed E-state index contributed by atoms with van der Waals surface area (Å²) in [6.07, 6.45) is 1.29. The normalized spacial score (nSPS) is 17.5. The predicted octanol–water partition coefficient (Wildman–Crippen LogP) is 0.720. The minimum atomic E-state index is -2.87. The molecule has 0 saturated carbocycles. The van der Waals surface area contributed by atoms with E-state index >= 15 is 0 Å². The lowest BCUT2D eigenvalue weighted by molar-refractivity contribution is 0.132. The van der Waals surface area contributed by atoms with Crippen molar-refractivity contribution in [3.8, 4) is 6.07 Å². The molecule has 2 rings (SSSR count). The smallest absolute Gasteiger partial charge is 0.148 e.